The molecule has 0 aliphatic rings. The number of para-hydroxylation sites is 6. The fraction of sp³-hybridized carbons (Fsp3) is 0.0976. The molecule has 0 saturated carbocycles. The average molecular weight is 762 g/mol. The number of hydrogen-bond donors (Lipinski definition) is 0. The van der Waals surface area contributed by atoms with E-state index in [2.05, 4.69) is 150 Å². The first-order valence-corrected chi connectivity index (χ1v) is 14.9. The molecule has 45 heavy (non-hydrogen) atoms. The monoisotopic (exact) mass is 761 g/mol. The van der Waals surface area contributed by atoms with Gasteiger partial charge in [0.1, 0.15) is 0 Å². The van der Waals surface area contributed by atoms with Gasteiger partial charge < -0.3 is 9.13 Å². The zero-order valence-electron chi connectivity index (χ0n) is 25.4. The van der Waals surface area contributed by atoms with Gasteiger partial charge in [0.05, 0.1) is 16.7 Å². The molecule has 0 radical (unpaired) electrons. The molecule has 0 N–H and O–H groups in total. The minimum atomic E-state index is 0. The third-order valence-electron chi connectivity index (χ3n) is 7.92. The Morgan fingerprint density at radius 2 is 1.16 bits per heavy atom. The molecule has 0 aliphatic heterocycles. The predicted octanol–water partition coefficient (Wildman–Crippen LogP) is 9.19. The number of hydrogen-bond acceptors (Lipinski definition) is 0. The Hall–Kier alpha value is -4.72. The minimum Gasteiger partial charge on any atom is -0.358 e. The fourth-order valence-electron chi connectivity index (χ4n) is 5.68. The van der Waals surface area contributed by atoms with Crippen LogP contribution in [0.25, 0.3) is 49.9 Å². The quantitative estimate of drug-likeness (QED) is 0.126. The molecule has 8 aromatic rings. The van der Waals surface area contributed by atoms with E-state index in [0.29, 0.717) is 0 Å². The Kier molecular flexibility index (Phi) is 8.56. The van der Waals surface area contributed by atoms with Crippen molar-refractivity contribution in [1.82, 2.24) is 9.13 Å². The first-order chi connectivity index (χ1) is 21.5. The summed E-state index contributed by atoms with van der Waals surface area (Å²) in [7, 11) is 0. The number of imidazole rings is 1. The smallest absolute Gasteiger partial charge is 0.358 e. The van der Waals surface area contributed by atoms with E-state index in [1.807, 2.05) is 48.5 Å². The largest absolute Gasteiger partial charge is 4.00 e. The molecule has 2 heterocycles. The van der Waals surface area contributed by atoms with Crippen LogP contribution >= 0.6 is 0 Å². The third kappa shape index (κ3) is 5.89. The molecule has 6 aromatic carbocycles. The van der Waals surface area contributed by atoms with E-state index in [0.717, 1.165) is 33.6 Å². The molecule has 0 bridgehead atoms. The van der Waals surface area contributed by atoms with Gasteiger partial charge in [-0.05, 0) is 40.3 Å². The number of fused-ring (bicyclic) bond motifs is 4. The zero-order valence-corrected chi connectivity index (χ0v) is 27.7. The maximum Gasteiger partial charge on any atom is 4.00 e. The van der Waals surface area contributed by atoms with Crippen LogP contribution in [0.5, 0.6) is 0 Å². The number of benzene rings is 6. The molecule has 220 valence electrons. The molecule has 0 spiro atoms. The maximum absolute atomic E-state index is 3.48. The molecule has 0 aliphatic carbocycles. The topological polar surface area (TPSA) is 13.7 Å². The molecule has 0 atom stereocenters. The summed E-state index contributed by atoms with van der Waals surface area (Å²) in [6.45, 7) is 6.70. The summed E-state index contributed by atoms with van der Waals surface area (Å²) in [5.74, 6) is 0. The van der Waals surface area contributed by atoms with Gasteiger partial charge in [-0.25, -0.2) is 0 Å². The van der Waals surface area contributed by atoms with Crippen LogP contribution in [0.3, 0.4) is 0 Å². The summed E-state index contributed by atoms with van der Waals surface area (Å²) in [5, 5.41) is 2.49. The molecule has 2 aromatic heterocycles. The molecule has 8 rings (SSSR count). The van der Waals surface area contributed by atoms with E-state index in [1.54, 1.807) is 0 Å². The second-order valence-corrected chi connectivity index (χ2v) is 11.8. The minimum absolute atomic E-state index is 0. The van der Waals surface area contributed by atoms with Crippen molar-refractivity contribution in [3.63, 3.8) is 0 Å². The van der Waals surface area contributed by atoms with Gasteiger partial charge in [0.25, 0.3) is 6.33 Å². The van der Waals surface area contributed by atoms with Crippen molar-refractivity contribution >= 4 is 32.8 Å². The van der Waals surface area contributed by atoms with Crippen LogP contribution in [0.15, 0.2) is 140 Å². The van der Waals surface area contributed by atoms with Gasteiger partial charge >= 0.3 is 21.1 Å². The Morgan fingerprint density at radius 3 is 1.84 bits per heavy atom. The van der Waals surface area contributed by atoms with Crippen molar-refractivity contribution in [3.05, 3.63) is 170 Å². The van der Waals surface area contributed by atoms with Gasteiger partial charge in [0.2, 0.25) is 0 Å². The molecule has 0 unspecified atom stereocenters. The summed E-state index contributed by atoms with van der Waals surface area (Å²) in [4.78, 5) is 0. The van der Waals surface area contributed by atoms with Crippen molar-refractivity contribution < 1.29 is 25.6 Å². The maximum atomic E-state index is 3.48. The van der Waals surface area contributed by atoms with Crippen molar-refractivity contribution in [1.29, 1.82) is 0 Å². The second kappa shape index (κ2) is 12.7. The van der Waals surface area contributed by atoms with E-state index < -0.39 is 0 Å². The van der Waals surface area contributed by atoms with Crippen molar-refractivity contribution in [2.75, 3.05) is 0 Å². The van der Waals surface area contributed by atoms with Crippen LogP contribution in [-0.4, -0.2) is 9.13 Å². The van der Waals surface area contributed by atoms with Gasteiger partial charge in [-0.2, -0.15) is 78.9 Å². The van der Waals surface area contributed by atoms with E-state index >= 15 is 0 Å². The van der Waals surface area contributed by atoms with Crippen LogP contribution in [-0.2, 0) is 26.5 Å². The first-order valence-electron chi connectivity index (χ1n) is 14.9. The van der Waals surface area contributed by atoms with Crippen molar-refractivity contribution in [2.24, 2.45) is 0 Å². The van der Waals surface area contributed by atoms with Gasteiger partial charge in [0.15, 0.2) is 0 Å². The zero-order chi connectivity index (χ0) is 30.1. The Balaban J connectivity index is 0.000000160. The van der Waals surface area contributed by atoms with Crippen LogP contribution in [0, 0.1) is 24.5 Å². The molecule has 3 nitrogen and oxygen atoms in total. The predicted molar refractivity (Wildman–Crippen MR) is 180 cm³/mol. The molecular weight excluding hydrogens is 730 g/mol. The van der Waals surface area contributed by atoms with Crippen LogP contribution in [0.2, 0.25) is 0 Å². The Morgan fingerprint density at radius 1 is 0.556 bits per heavy atom. The Bertz CT molecular complexity index is 2130. The molecule has 0 fully saturated rings. The third-order valence-corrected chi connectivity index (χ3v) is 7.92. The molecule has 0 amide bonds. The van der Waals surface area contributed by atoms with Crippen LogP contribution in [0.1, 0.15) is 26.3 Å². The second-order valence-electron chi connectivity index (χ2n) is 11.8. The molecular formula is C41H32N3Pt+. The van der Waals surface area contributed by atoms with Gasteiger partial charge in [-0.15, -0.1) is 11.5 Å². The average Bonchev–Trinajstić information content (AvgIpc) is 3.62. The van der Waals surface area contributed by atoms with E-state index in [-0.39, 0.29) is 26.5 Å². The normalized spacial score (nSPS) is 11.3. The van der Waals surface area contributed by atoms with Gasteiger partial charge in [0, 0.05) is 5.52 Å². The summed E-state index contributed by atoms with van der Waals surface area (Å²) in [5.41, 5.74) is 9.18. The number of rotatable bonds is 3. The Labute approximate surface area is 279 Å². The summed E-state index contributed by atoms with van der Waals surface area (Å²) in [6.07, 6.45) is 3.48. The summed E-state index contributed by atoms with van der Waals surface area (Å²) >= 11 is 0. The van der Waals surface area contributed by atoms with Crippen molar-refractivity contribution in [3.8, 4) is 17.1 Å². The van der Waals surface area contributed by atoms with E-state index in [1.165, 1.54) is 21.9 Å². The SMILES string of the molecule is CC(C)(C)c1ccc(-[n+]2[c-]n(-c3[c-]cccc3)c3ccccc32)cc1.[Pt+4].[c-]1ccccc1-n1c2[c-]cccc2c2ccccc21. The van der Waals surface area contributed by atoms with Gasteiger partial charge in [-0.3, -0.25) is 4.57 Å². The standard InChI is InChI=1S/C23H21N2.C18H11N.Pt/c1-23(2,3)18-13-15-20(16-14-18)25-17-24(19-9-5-4-6-10-19)21-11-7-8-12-22(21)25;1-2-8-14(9-3-1)19-17-12-6-4-10-15(17)16-11-5-7-13-18(16)19;/h4-9,11-16H,1-3H3;1-8,10-12H;/q-1;-2;+4. The molecule has 0 saturated heterocycles. The van der Waals surface area contributed by atoms with E-state index in [9.17, 15) is 0 Å². The molecule has 4 heteroatoms. The first kappa shape index (κ1) is 30.3. The van der Waals surface area contributed by atoms with E-state index in [4.69, 9.17) is 0 Å². The fourth-order valence-corrected chi connectivity index (χ4v) is 5.68. The number of nitrogens with zero attached hydrogens (tertiary/aromatic N) is 3. The van der Waals surface area contributed by atoms with Crippen LogP contribution in [0.4, 0.5) is 0 Å². The summed E-state index contributed by atoms with van der Waals surface area (Å²) < 4.78 is 6.39. The van der Waals surface area contributed by atoms with Crippen molar-refractivity contribution in [2.45, 2.75) is 26.2 Å². The summed E-state index contributed by atoms with van der Waals surface area (Å²) in [6, 6.07) is 57.7. The van der Waals surface area contributed by atoms with Crippen LogP contribution < -0.4 is 4.57 Å². The van der Waals surface area contributed by atoms with Gasteiger partial charge in [-0.1, -0.05) is 86.6 Å². The number of aromatic nitrogens is 3.